The molecule has 2 N–H and O–H groups in total. The number of nitrogens with zero attached hydrogens (tertiary/aromatic N) is 2. The first kappa shape index (κ1) is 19.1. The van der Waals surface area contributed by atoms with E-state index in [1.165, 1.54) is 18.2 Å². The van der Waals surface area contributed by atoms with Crippen molar-refractivity contribution in [1.29, 1.82) is 0 Å². The number of nitrogens with one attached hydrogen (secondary N) is 2. The summed E-state index contributed by atoms with van der Waals surface area (Å²) in [5.41, 5.74) is 4.24. The minimum atomic E-state index is -0.665. The molecule has 7 heteroatoms. The number of hydrazone groups is 1. The summed E-state index contributed by atoms with van der Waals surface area (Å²) in [4.78, 5) is 25.9. The van der Waals surface area contributed by atoms with Crippen molar-refractivity contribution in [3.05, 3.63) is 59.9 Å². The molecular formula is C19H21FN4O2. The van der Waals surface area contributed by atoms with Crippen LogP contribution in [0.2, 0.25) is 0 Å². The van der Waals surface area contributed by atoms with Crippen molar-refractivity contribution < 1.29 is 14.0 Å². The predicted molar refractivity (Wildman–Crippen MR) is 101 cm³/mol. The van der Waals surface area contributed by atoms with Crippen molar-refractivity contribution in [2.24, 2.45) is 5.10 Å². The quantitative estimate of drug-likeness (QED) is 0.617. The average Bonchev–Trinajstić information content (AvgIpc) is 2.60. The van der Waals surface area contributed by atoms with Crippen molar-refractivity contribution in [1.82, 2.24) is 5.43 Å². The SMILES string of the molecule is C/C(CC(=O)Nc1ccc(N(C)C)cc1)=N/NC(=O)c1ccccc1F. The number of rotatable bonds is 6. The van der Waals surface area contributed by atoms with Gasteiger partial charge in [-0.25, -0.2) is 9.82 Å². The highest BCUT2D eigenvalue weighted by atomic mass is 19.1. The monoisotopic (exact) mass is 356 g/mol. The maximum absolute atomic E-state index is 13.5. The molecule has 0 saturated carbocycles. The van der Waals surface area contributed by atoms with E-state index in [0.29, 0.717) is 11.4 Å². The van der Waals surface area contributed by atoms with Crippen LogP contribution in [-0.2, 0) is 4.79 Å². The normalized spacial score (nSPS) is 11.0. The Morgan fingerprint density at radius 1 is 1.08 bits per heavy atom. The van der Waals surface area contributed by atoms with E-state index in [-0.39, 0.29) is 17.9 Å². The lowest BCUT2D eigenvalue weighted by Crippen LogP contribution is -2.22. The Balaban J connectivity index is 1.89. The molecule has 2 aromatic carbocycles. The number of halogens is 1. The second-order valence-electron chi connectivity index (χ2n) is 5.93. The smallest absolute Gasteiger partial charge is 0.274 e. The van der Waals surface area contributed by atoms with Gasteiger partial charge in [0, 0.05) is 31.2 Å². The summed E-state index contributed by atoms with van der Waals surface area (Å²) in [7, 11) is 3.87. The van der Waals surface area contributed by atoms with Crippen LogP contribution in [0, 0.1) is 5.82 Å². The molecule has 0 bridgehead atoms. The summed E-state index contributed by atoms with van der Waals surface area (Å²) in [6.45, 7) is 1.61. The fourth-order valence-corrected chi connectivity index (χ4v) is 2.17. The van der Waals surface area contributed by atoms with Crippen LogP contribution in [-0.4, -0.2) is 31.6 Å². The lowest BCUT2D eigenvalue weighted by molar-refractivity contribution is -0.115. The van der Waals surface area contributed by atoms with Crippen LogP contribution in [0.1, 0.15) is 23.7 Å². The Labute approximate surface area is 151 Å². The maximum Gasteiger partial charge on any atom is 0.274 e. The van der Waals surface area contributed by atoms with E-state index in [9.17, 15) is 14.0 Å². The molecule has 6 nitrogen and oxygen atoms in total. The highest BCUT2D eigenvalue weighted by Crippen LogP contribution is 2.15. The van der Waals surface area contributed by atoms with Crippen molar-refractivity contribution in [3.8, 4) is 0 Å². The maximum atomic E-state index is 13.5. The molecule has 0 radical (unpaired) electrons. The molecule has 136 valence electrons. The van der Waals surface area contributed by atoms with Crippen LogP contribution in [0.15, 0.2) is 53.6 Å². The van der Waals surface area contributed by atoms with Gasteiger partial charge in [-0.2, -0.15) is 5.10 Å². The average molecular weight is 356 g/mol. The summed E-state index contributed by atoms with van der Waals surface area (Å²) >= 11 is 0. The Hall–Kier alpha value is -3.22. The summed E-state index contributed by atoms with van der Waals surface area (Å²) in [6.07, 6.45) is 0.00693. The molecule has 0 aliphatic carbocycles. The molecule has 0 aliphatic rings. The Kier molecular flexibility index (Phi) is 6.43. The number of carbonyl (C=O) groups excluding carboxylic acids is 2. The van der Waals surface area contributed by atoms with E-state index in [4.69, 9.17) is 0 Å². The van der Waals surface area contributed by atoms with Gasteiger partial charge in [0.05, 0.1) is 12.0 Å². The molecule has 0 aromatic heterocycles. The van der Waals surface area contributed by atoms with Gasteiger partial charge in [-0.05, 0) is 43.3 Å². The Bertz CT molecular complexity index is 817. The Morgan fingerprint density at radius 2 is 1.73 bits per heavy atom. The van der Waals surface area contributed by atoms with Gasteiger partial charge in [-0.3, -0.25) is 9.59 Å². The van der Waals surface area contributed by atoms with E-state index in [1.54, 1.807) is 25.1 Å². The lowest BCUT2D eigenvalue weighted by Gasteiger charge is -2.13. The van der Waals surface area contributed by atoms with Gasteiger partial charge < -0.3 is 10.2 Å². The van der Waals surface area contributed by atoms with Crippen molar-refractivity contribution in [3.63, 3.8) is 0 Å². The van der Waals surface area contributed by atoms with Crippen molar-refractivity contribution in [2.75, 3.05) is 24.3 Å². The standard InChI is InChI=1S/C19H21FN4O2/c1-13(22-23-19(26)16-6-4-5-7-17(16)20)12-18(25)21-14-8-10-15(11-9-14)24(2)3/h4-11H,12H2,1-3H3,(H,21,25)(H,23,26)/b22-13-. The third kappa shape index (κ3) is 5.41. The molecule has 0 aliphatic heterocycles. The van der Waals surface area contributed by atoms with Crippen LogP contribution in [0.4, 0.5) is 15.8 Å². The summed E-state index contributed by atoms with van der Waals surface area (Å²) in [5, 5.41) is 6.60. The third-order valence-electron chi connectivity index (χ3n) is 3.55. The summed E-state index contributed by atoms with van der Waals surface area (Å²) in [5.74, 6) is -1.55. The highest BCUT2D eigenvalue weighted by molar-refractivity contribution is 6.06. The van der Waals surface area contributed by atoms with Crippen LogP contribution in [0.25, 0.3) is 0 Å². The molecule has 0 atom stereocenters. The number of amides is 2. The number of hydrogen-bond donors (Lipinski definition) is 2. The topological polar surface area (TPSA) is 73.8 Å². The minimum Gasteiger partial charge on any atom is -0.378 e. The molecule has 2 aromatic rings. The molecule has 0 unspecified atom stereocenters. The summed E-state index contributed by atoms with van der Waals surface area (Å²) in [6, 6.07) is 13.0. The Morgan fingerprint density at radius 3 is 2.35 bits per heavy atom. The number of hydrogen-bond acceptors (Lipinski definition) is 4. The van der Waals surface area contributed by atoms with Gasteiger partial charge in [0.25, 0.3) is 5.91 Å². The van der Waals surface area contributed by atoms with Crippen LogP contribution in [0.3, 0.4) is 0 Å². The molecule has 0 spiro atoms. The highest BCUT2D eigenvalue weighted by Gasteiger charge is 2.10. The van der Waals surface area contributed by atoms with Gasteiger partial charge in [-0.1, -0.05) is 12.1 Å². The van der Waals surface area contributed by atoms with E-state index in [0.717, 1.165) is 5.69 Å². The lowest BCUT2D eigenvalue weighted by atomic mass is 10.2. The van der Waals surface area contributed by atoms with Gasteiger partial charge in [0.2, 0.25) is 5.91 Å². The first-order valence-corrected chi connectivity index (χ1v) is 8.02. The van der Waals surface area contributed by atoms with Gasteiger partial charge >= 0.3 is 0 Å². The third-order valence-corrected chi connectivity index (χ3v) is 3.55. The zero-order valence-electron chi connectivity index (χ0n) is 14.9. The van der Waals surface area contributed by atoms with Crippen molar-refractivity contribution in [2.45, 2.75) is 13.3 Å². The molecule has 2 amide bonds. The van der Waals surface area contributed by atoms with Gasteiger partial charge in [-0.15, -0.1) is 0 Å². The fourth-order valence-electron chi connectivity index (χ4n) is 2.17. The van der Waals surface area contributed by atoms with E-state index < -0.39 is 11.7 Å². The van der Waals surface area contributed by atoms with Crippen LogP contribution < -0.4 is 15.6 Å². The zero-order valence-corrected chi connectivity index (χ0v) is 14.9. The second-order valence-corrected chi connectivity index (χ2v) is 5.93. The molecule has 0 fully saturated rings. The number of carbonyl (C=O) groups is 2. The minimum absolute atomic E-state index is 0.00693. The molecular weight excluding hydrogens is 335 g/mol. The van der Waals surface area contributed by atoms with E-state index in [2.05, 4.69) is 15.8 Å². The largest absolute Gasteiger partial charge is 0.378 e. The van der Waals surface area contributed by atoms with E-state index in [1.807, 2.05) is 31.1 Å². The zero-order chi connectivity index (χ0) is 19.1. The first-order chi connectivity index (χ1) is 12.4. The van der Waals surface area contributed by atoms with Crippen LogP contribution >= 0.6 is 0 Å². The molecule has 0 saturated heterocycles. The number of anilines is 2. The molecule has 2 rings (SSSR count). The number of benzene rings is 2. The van der Waals surface area contributed by atoms with Gasteiger partial charge in [0.15, 0.2) is 0 Å². The predicted octanol–water partition coefficient (Wildman–Crippen LogP) is 3.03. The first-order valence-electron chi connectivity index (χ1n) is 8.02. The van der Waals surface area contributed by atoms with Gasteiger partial charge in [0.1, 0.15) is 5.82 Å². The fraction of sp³-hybridized carbons (Fsp3) is 0.211. The summed E-state index contributed by atoms with van der Waals surface area (Å²) < 4.78 is 13.5. The molecule has 26 heavy (non-hydrogen) atoms. The van der Waals surface area contributed by atoms with Crippen molar-refractivity contribution >= 4 is 28.9 Å². The molecule has 0 heterocycles. The van der Waals surface area contributed by atoms with Crippen LogP contribution in [0.5, 0.6) is 0 Å². The second kappa shape index (κ2) is 8.75. The van der Waals surface area contributed by atoms with E-state index >= 15 is 0 Å².